The molecule has 0 radical (unpaired) electrons. The number of carbonyl (C=O) groups excluding carboxylic acids is 1. The van der Waals surface area contributed by atoms with Gasteiger partial charge in [-0.25, -0.2) is 13.8 Å². The van der Waals surface area contributed by atoms with Crippen LogP contribution in [0.4, 0.5) is 14.6 Å². The molecule has 0 spiro atoms. The molecule has 0 bridgehead atoms. The SMILES string of the molecule is C=CC(=O)N1CC[C@H](n2cc(C#Cc3c(F)c(OC)cc(OC)c3F)c3c(N)nccc32)C1. The normalized spacial score (nSPS) is 15.3. The molecule has 4 rings (SSSR count). The van der Waals surface area contributed by atoms with E-state index >= 15 is 0 Å². The number of aromatic nitrogens is 2. The van der Waals surface area contributed by atoms with Crippen molar-refractivity contribution in [2.24, 2.45) is 0 Å². The van der Waals surface area contributed by atoms with Crippen molar-refractivity contribution in [2.45, 2.75) is 12.5 Å². The predicted octanol–water partition coefficient (Wildman–Crippen LogP) is 3.27. The van der Waals surface area contributed by atoms with Crippen LogP contribution in [0.5, 0.6) is 11.5 Å². The van der Waals surface area contributed by atoms with Crippen molar-refractivity contribution in [3.05, 3.63) is 59.9 Å². The number of rotatable bonds is 4. The van der Waals surface area contributed by atoms with E-state index in [4.69, 9.17) is 15.2 Å². The number of nitrogens with zero attached hydrogens (tertiary/aromatic N) is 3. The lowest BCUT2D eigenvalue weighted by Gasteiger charge is -2.16. The van der Waals surface area contributed by atoms with Gasteiger partial charge in [0.1, 0.15) is 11.4 Å². The van der Waals surface area contributed by atoms with E-state index in [1.54, 1.807) is 23.4 Å². The number of benzene rings is 1. The number of carbonyl (C=O) groups is 1. The van der Waals surface area contributed by atoms with Crippen molar-refractivity contribution in [1.29, 1.82) is 0 Å². The first-order valence-electron chi connectivity index (χ1n) is 10.2. The summed E-state index contributed by atoms with van der Waals surface area (Å²) in [7, 11) is 2.55. The van der Waals surface area contributed by atoms with Crippen molar-refractivity contribution in [1.82, 2.24) is 14.5 Å². The van der Waals surface area contributed by atoms with E-state index in [1.165, 1.54) is 20.3 Å². The highest BCUT2D eigenvalue weighted by Gasteiger charge is 2.28. The Bertz CT molecular complexity index is 1290. The Labute approximate surface area is 189 Å². The van der Waals surface area contributed by atoms with Crippen LogP contribution in [0.2, 0.25) is 0 Å². The van der Waals surface area contributed by atoms with Gasteiger partial charge in [0.2, 0.25) is 5.91 Å². The number of methoxy groups -OCH3 is 2. The maximum absolute atomic E-state index is 14.7. The Morgan fingerprint density at radius 2 is 1.97 bits per heavy atom. The van der Waals surface area contributed by atoms with Crippen molar-refractivity contribution >= 4 is 22.6 Å². The number of nitrogen functional groups attached to an aromatic ring is 1. The van der Waals surface area contributed by atoms with Gasteiger partial charge in [0.15, 0.2) is 23.1 Å². The summed E-state index contributed by atoms with van der Waals surface area (Å²) in [6, 6.07) is 2.91. The second kappa shape index (κ2) is 8.82. The van der Waals surface area contributed by atoms with E-state index in [9.17, 15) is 13.6 Å². The van der Waals surface area contributed by atoms with Gasteiger partial charge in [-0.1, -0.05) is 18.4 Å². The molecule has 1 aliphatic heterocycles. The minimum Gasteiger partial charge on any atom is -0.493 e. The highest BCUT2D eigenvalue weighted by atomic mass is 19.1. The quantitative estimate of drug-likeness (QED) is 0.485. The molecule has 0 unspecified atom stereocenters. The summed E-state index contributed by atoms with van der Waals surface area (Å²) in [5, 5.41) is 0.578. The summed E-state index contributed by atoms with van der Waals surface area (Å²) in [5.74, 6) is 3.32. The van der Waals surface area contributed by atoms with Crippen LogP contribution in [-0.4, -0.2) is 47.7 Å². The molecule has 0 aliphatic carbocycles. The van der Waals surface area contributed by atoms with Gasteiger partial charge in [0.25, 0.3) is 0 Å². The molecule has 1 aromatic carbocycles. The lowest BCUT2D eigenvalue weighted by molar-refractivity contribution is -0.125. The predicted molar refractivity (Wildman–Crippen MR) is 120 cm³/mol. The monoisotopic (exact) mass is 452 g/mol. The largest absolute Gasteiger partial charge is 0.493 e. The average molecular weight is 452 g/mol. The number of anilines is 1. The van der Waals surface area contributed by atoms with Crippen LogP contribution in [0, 0.1) is 23.5 Å². The molecule has 7 nitrogen and oxygen atoms in total. The molecule has 3 aromatic rings. The second-order valence-corrected chi connectivity index (χ2v) is 7.51. The molecule has 9 heteroatoms. The Morgan fingerprint density at radius 1 is 1.27 bits per heavy atom. The fourth-order valence-corrected chi connectivity index (χ4v) is 4.05. The number of halogens is 2. The van der Waals surface area contributed by atoms with Gasteiger partial charge in [-0.05, 0) is 18.6 Å². The van der Waals surface area contributed by atoms with E-state index < -0.39 is 17.2 Å². The maximum atomic E-state index is 14.7. The number of ether oxygens (including phenoxy) is 2. The third-order valence-electron chi connectivity index (χ3n) is 5.71. The van der Waals surface area contributed by atoms with Crippen molar-refractivity contribution < 1.29 is 23.0 Å². The molecule has 1 saturated heterocycles. The van der Waals surface area contributed by atoms with Gasteiger partial charge in [-0.2, -0.15) is 0 Å². The number of likely N-dealkylation sites (tertiary alicyclic amines) is 1. The van der Waals surface area contributed by atoms with Gasteiger partial charge in [0, 0.05) is 31.5 Å². The third-order valence-corrected chi connectivity index (χ3v) is 5.71. The van der Waals surface area contributed by atoms with Crippen LogP contribution < -0.4 is 15.2 Å². The minimum absolute atomic E-state index is 0.0147. The van der Waals surface area contributed by atoms with Crippen molar-refractivity contribution in [3.63, 3.8) is 0 Å². The summed E-state index contributed by atoms with van der Waals surface area (Å²) in [6.07, 6.45) is 5.38. The van der Waals surface area contributed by atoms with Crippen LogP contribution in [-0.2, 0) is 4.79 Å². The Hall–Kier alpha value is -4.06. The lowest BCUT2D eigenvalue weighted by Crippen LogP contribution is -2.27. The number of amides is 1. The zero-order valence-corrected chi connectivity index (χ0v) is 18.2. The fourth-order valence-electron chi connectivity index (χ4n) is 4.05. The molecule has 0 saturated carbocycles. The van der Waals surface area contributed by atoms with Crippen LogP contribution in [0.1, 0.15) is 23.6 Å². The zero-order valence-electron chi connectivity index (χ0n) is 18.2. The summed E-state index contributed by atoms with van der Waals surface area (Å²) in [4.78, 5) is 17.9. The summed E-state index contributed by atoms with van der Waals surface area (Å²) < 4.78 is 41.4. The summed E-state index contributed by atoms with van der Waals surface area (Å²) >= 11 is 0. The van der Waals surface area contributed by atoms with Gasteiger partial charge in [-0.3, -0.25) is 4.79 Å². The molecule has 1 aliphatic rings. The van der Waals surface area contributed by atoms with Crippen LogP contribution in [0.15, 0.2) is 37.2 Å². The smallest absolute Gasteiger partial charge is 0.246 e. The summed E-state index contributed by atoms with van der Waals surface area (Å²) in [5.41, 5.74) is 6.89. The molecular formula is C24H22F2N4O3. The van der Waals surface area contributed by atoms with E-state index in [0.717, 1.165) is 18.0 Å². The van der Waals surface area contributed by atoms with E-state index in [-0.39, 0.29) is 29.3 Å². The van der Waals surface area contributed by atoms with Crippen LogP contribution in [0.25, 0.3) is 10.9 Å². The number of pyridine rings is 1. The van der Waals surface area contributed by atoms with E-state index in [0.29, 0.717) is 24.0 Å². The molecule has 170 valence electrons. The Balaban J connectivity index is 1.82. The summed E-state index contributed by atoms with van der Waals surface area (Å²) in [6.45, 7) is 4.63. The highest BCUT2D eigenvalue weighted by molar-refractivity contribution is 5.95. The topological polar surface area (TPSA) is 82.6 Å². The maximum Gasteiger partial charge on any atom is 0.246 e. The van der Waals surface area contributed by atoms with Crippen LogP contribution in [0.3, 0.4) is 0 Å². The second-order valence-electron chi connectivity index (χ2n) is 7.51. The Kier molecular flexibility index (Phi) is 5.92. The van der Waals surface area contributed by atoms with Gasteiger partial charge < -0.3 is 24.7 Å². The van der Waals surface area contributed by atoms with Gasteiger partial charge in [-0.15, -0.1) is 0 Å². The van der Waals surface area contributed by atoms with Gasteiger partial charge in [0.05, 0.1) is 36.7 Å². The zero-order chi connectivity index (χ0) is 23.7. The first kappa shape index (κ1) is 22.1. The number of hydrogen-bond acceptors (Lipinski definition) is 5. The first-order valence-corrected chi connectivity index (χ1v) is 10.2. The fraction of sp³-hybridized carbons (Fsp3) is 0.250. The number of hydrogen-bond donors (Lipinski definition) is 1. The standard InChI is InChI=1S/C24H22F2N4O3/c1-4-20(31)29-10-8-15(13-29)30-12-14(21-17(30)7-9-28-24(21)27)5-6-16-22(25)18(32-2)11-19(33-3)23(16)26/h4,7,9,11-12,15H,1,8,10,13H2,2-3H3,(H2,27,28)/t15-/m0/s1. The molecular weight excluding hydrogens is 430 g/mol. The van der Waals surface area contributed by atoms with Gasteiger partial charge >= 0.3 is 0 Å². The first-order chi connectivity index (χ1) is 15.9. The van der Waals surface area contributed by atoms with E-state index in [1.807, 2.05) is 4.57 Å². The third kappa shape index (κ3) is 3.84. The number of nitrogens with two attached hydrogens (primary N) is 1. The molecule has 2 N–H and O–H groups in total. The van der Waals surface area contributed by atoms with Crippen LogP contribution >= 0.6 is 0 Å². The van der Waals surface area contributed by atoms with E-state index in [2.05, 4.69) is 23.4 Å². The molecule has 1 amide bonds. The Morgan fingerprint density at radius 3 is 2.61 bits per heavy atom. The van der Waals surface area contributed by atoms with Crippen molar-refractivity contribution in [3.8, 4) is 23.3 Å². The number of fused-ring (bicyclic) bond motifs is 1. The molecule has 2 aromatic heterocycles. The lowest BCUT2D eigenvalue weighted by atomic mass is 10.1. The van der Waals surface area contributed by atoms with Crippen molar-refractivity contribution in [2.75, 3.05) is 33.0 Å². The molecule has 33 heavy (non-hydrogen) atoms. The average Bonchev–Trinajstić information content (AvgIpc) is 3.44. The molecule has 3 heterocycles. The minimum atomic E-state index is -0.924. The molecule has 1 fully saturated rings. The molecule has 1 atom stereocenters. The highest BCUT2D eigenvalue weighted by Crippen LogP contribution is 2.33.